The molecule has 2 aromatic heterocycles. The van der Waals surface area contributed by atoms with E-state index < -0.39 is 0 Å². The Balaban J connectivity index is 1.66. The minimum atomic E-state index is -0.0844. The fraction of sp³-hybridized carbons (Fsp3) is 0.533. The first-order chi connectivity index (χ1) is 10.1. The lowest BCUT2D eigenvalue weighted by molar-refractivity contribution is 0.0941. The summed E-state index contributed by atoms with van der Waals surface area (Å²) in [6.07, 6.45) is 3.67. The van der Waals surface area contributed by atoms with Gasteiger partial charge in [0.25, 0.3) is 5.91 Å². The maximum absolute atomic E-state index is 12.2. The molecule has 1 aliphatic carbocycles. The molecule has 2 aromatic rings. The van der Waals surface area contributed by atoms with Crippen molar-refractivity contribution in [3.63, 3.8) is 0 Å². The quantitative estimate of drug-likeness (QED) is 0.930. The van der Waals surface area contributed by atoms with Crippen molar-refractivity contribution in [2.45, 2.75) is 38.6 Å². The van der Waals surface area contributed by atoms with Gasteiger partial charge in [0, 0.05) is 25.7 Å². The standard InChI is InChI=1S/C15H21N5O/c1-10-7-8-12(19(10)2)15(21)16-9-13-17-18-14(20(13)3)11-5-4-6-11/h7-8,11H,4-6,9H2,1-3H3,(H,16,21). The van der Waals surface area contributed by atoms with Gasteiger partial charge < -0.3 is 14.5 Å². The van der Waals surface area contributed by atoms with Gasteiger partial charge in [-0.2, -0.15) is 0 Å². The molecule has 0 aliphatic heterocycles. The van der Waals surface area contributed by atoms with Crippen LogP contribution in [-0.2, 0) is 20.6 Å². The Labute approximate surface area is 124 Å². The summed E-state index contributed by atoms with van der Waals surface area (Å²) in [5, 5.41) is 11.4. The highest BCUT2D eigenvalue weighted by molar-refractivity contribution is 5.92. The van der Waals surface area contributed by atoms with Crippen LogP contribution in [0.5, 0.6) is 0 Å². The van der Waals surface area contributed by atoms with Crippen LogP contribution in [0.15, 0.2) is 12.1 Å². The SMILES string of the molecule is Cc1ccc(C(=O)NCc2nnc(C3CCC3)n2C)n1C. The third-order valence-electron chi connectivity index (χ3n) is 4.48. The van der Waals surface area contributed by atoms with Gasteiger partial charge in [-0.15, -0.1) is 10.2 Å². The van der Waals surface area contributed by atoms with Gasteiger partial charge in [-0.25, -0.2) is 0 Å². The normalized spacial score (nSPS) is 15.0. The second-order valence-corrected chi connectivity index (χ2v) is 5.76. The minimum Gasteiger partial charge on any atom is -0.344 e. The molecule has 0 saturated heterocycles. The smallest absolute Gasteiger partial charge is 0.268 e. The van der Waals surface area contributed by atoms with E-state index in [0.717, 1.165) is 17.3 Å². The number of aromatic nitrogens is 4. The third-order valence-corrected chi connectivity index (χ3v) is 4.48. The molecule has 0 spiro atoms. The van der Waals surface area contributed by atoms with Crippen LogP contribution in [-0.4, -0.2) is 25.2 Å². The maximum atomic E-state index is 12.2. The molecule has 1 saturated carbocycles. The summed E-state index contributed by atoms with van der Waals surface area (Å²) in [6, 6.07) is 3.77. The van der Waals surface area contributed by atoms with Crippen LogP contribution in [0.3, 0.4) is 0 Å². The third kappa shape index (κ3) is 2.46. The Morgan fingerprint density at radius 1 is 1.29 bits per heavy atom. The molecule has 1 N–H and O–H groups in total. The van der Waals surface area contributed by atoms with Gasteiger partial charge >= 0.3 is 0 Å². The largest absolute Gasteiger partial charge is 0.344 e. The van der Waals surface area contributed by atoms with E-state index >= 15 is 0 Å². The monoisotopic (exact) mass is 287 g/mol. The number of aryl methyl sites for hydroxylation is 1. The van der Waals surface area contributed by atoms with E-state index in [1.807, 2.05) is 42.3 Å². The molecule has 6 nitrogen and oxygen atoms in total. The maximum Gasteiger partial charge on any atom is 0.268 e. The van der Waals surface area contributed by atoms with Crippen molar-refractivity contribution >= 4 is 5.91 Å². The lowest BCUT2D eigenvalue weighted by Crippen LogP contribution is -2.26. The summed E-state index contributed by atoms with van der Waals surface area (Å²) in [4.78, 5) is 12.2. The van der Waals surface area contributed by atoms with Gasteiger partial charge in [-0.05, 0) is 31.9 Å². The van der Waals surface area contributed by atoms with Crippen LogP contribution in [0.2, 0.25) is 0 Å². The number of carbonyl (C=O) groups is 1. The number of amides is 1. The highest BCUT2D eigenvalue weighted by Crippen LogP contribution is 2.35. The Hall–Kier alpha value is -2.11. The topological polar surface area (TPSA) is 64.7 Å². The van der Waals surface area contributed by atoms with E-state index in [-0.39, 0.29) is 5.91 Å². The van der Waals surface area contributed by atoms with Gasteiger partial charge in [0.1, 0.15) is 11.5 Å². The minimum absolute atomic E-state index is 0.0844. The second kappa shape index (κ2) is 5.35. The first kappa shape index (κ1) is 13.9. The lowest BCUT2D eigenvalue weighted by Gasteiger charge is -2.24. The molecular formula is C15H21N5O. The van der Waals surface area contributed by atoms with Crippen LogP contribution in [0.25, 0.3) is 0 Å². The van der Waals surface area contributed by atoms with Gasteiger partial charge in [-0.1, -0.05) is 6.42 Å². The number of nitrogens with zero attached hydrogens (tertiary/aromatic N) is 4. The highest BCUT2D eigenvalue weighted by atomic mass is 16.1. The molecule has 1 aliphatic rings. The van der Waals surface area contributed by atoms with Crippen LogP contribution in [0.4, 0.5) is 0 Å². The molecule has 1 fully saturated rings. The van der Waals surface area contributed by atoms with Crippen molar-refractivity contribution in [2.75, 3.05) is 0 Å². The van der Waals surface area contributed by atoms with Gasteiger partial charge in [0.2, 0.25) is 0 Å². The van der Waals surface area contributed by atoms with E-state index in [9.17, 15) is 4.79 Å². The van der Waals surface area contributed by atoms with E-state index in [0.29, 0.717) is 18.2 Å². The van der Waals surface area contributed by atoms with Gasteiger partial charge in [0.15, 0.2) is 5.82 Å². The number of hydrogen-bond acceptors (Lipinski definition) is 3. The fourth-order valence-corrected chi connectivity index (χ4v) is 2.64. The average molecular weight is 287 g/mol. The summed E-state index contributed by atoms with van der Waals surface area (Å²) >= 11 is 0. The van der Waals surface area contributed by atoms with Gasteiger partial charge in [0.05, 0.1) is 6.54 Å². The molecule has 3 rings (SSSR count). The van der Waals surface area contributed by atoms with Crippen molar-refractivity contribution in [3.8, 4) is 0 Å². The Morgan fingerprint density at radius 2 is 2.05 bits per heavy atom. The highest BCUT2D eigenvalue weighted by Gasteiger charge is 2.25. The van der Waals surface area contributed by atoms with Crippen LogP contribution < -0.4 is 5.32 Å². The van der Waals surface area contributed by atoms with Crippen LogP contribution in [0.1, 0.15) is 53.0 Å². The predicted octanol–water partition coefficient (Wildman–Crippen LogP) is 1.66. The zero-order chi connectivity index (χ0) is 15.0. The predicted molar refractivity (Wildman–Crippen MR) is 78.9 cm³/mol. The van der Waals surface area contributed by atoms with E-state index in [4.69, 9.17) is 0 Å². The summed E-state index contributed by atoms with van der Waals surface area (Å²) in [5.74, 6) is 2.30. The number of hydrogen-bond donors (Lipinski definition) is 1. The van der Waals surface area contributed by atoms with Crippen LogP contribution in [0, 0.1) is 6.92 Å². The van der Waals surface area contributed by atoms with Crippen molar-refractivity contribution in [1.82, 2.24) is 24.6 Å². The van der Waals surface area contributed by atoms with E-state index in [2.05, 4.69) is 15.5 Å². The molecule has 21 heavy (non-hydrogen) atoms. The van der Waals surface area contributed by atoms with Crippen molar-refractivity contribution < 1.29 is 4.79 Å². The lowest BCUT2D eigenvalue weighted by atomic mass is 9.85. The number of rotatable bonds is 4. The first-order valence-electron chi connectivity index (χ1n) is 7.36. The second-order valence-electron chi connectivity index (χ2n) is 5.76. The average Bonchev–Trinajstić information content (AvgIpc) is 2.91. The Bertz CT molecular complexity index is 666. The summed E-state index contributed by atoms with van der Waals surface area (Å²) < 4.78 is 3.89. The van der Waals surface area contributed by atoms with E-state index in [1.165, 1.54) is 19.3 Å². The Kier molecular flexibility index (Phi) is 3.53. The fourth-order valence-electron chi connectivity index (χ4n) is 2.64. The molecule has 0 aromatic carbocycles. The molecule has 0 radical (unpaired) electrons. The zero-order valence-electron chi connectivity index (χ0n) is 12.8. The molecule has 2 heterocycles. The molecule has 0 unspecified atom stereocenters. The summed E-state index contributed by atoms with van der Waals surface area (Å²) in [5.41, 5.74) is 1.72. The van der Waals surface area contributed by atoms with Crippen molar-refractivity contribution in [1.29, 1.82) is 0 Å². The molecule has 0 atom stereocenters. The number of carbonyl (C=O) groups excluding carboxylic acids is 1. The molecule has 1 amide bonds. The molecule has 112 valence electrons. The summed E-state index contributed by atoms with van der Waals surface area (Å²) in [7, 11) is 3.86. The zero-order valence-corrected chi connectivity index (χ0v) is 12.8. The van der Waals surface area contributed by atoms with E-state index in [1.54, 1.807) is 0 Å². The summed E-state index contributed by atoms with van der Waals surface area (Å²) in [6.45, 7) is 2.38. The van der Waals surface area contributed by atoms with Crippen molar-refractivity contribution in [3.05, 3.63) is 35.2 Å². The first-order valence-corrected chi connectivity index (χ1v) is 7.36. The van der Waals surface area contributed by atoms with Crippen LogP contribution >= 0.6 is 0 Å². The van der Waals surface area contributed by atoms with Gasteiger partial charge in [-0.3, -0.25) is 4.79 Å². The van der Waals surface area contributed by atoms with Crippen molar-refractivity contribution in [2.24, 2.45) is 14.1 Å². The Morgan fingerprint density at radius 3 is 2.62 bits per heavy atom. The molecule has 0 bridgehead atoms. The molecule has 6 heteroatoms. The molecular weight excluding hydrogens is 266 g/mol. The number of nitrogens with one attached hydrogen (secondary N) is 1.